The number of para-hydroxylation sites is 1. The number of nitrogens with zero attached hydrogens (tertiary/aromatic N) is 5. The average Bonchev–Trinajstić information content (AvgIpc) is 3.32. The van der Waals surface area contributed by atoms with E-state index in [4.69, 9.17) is 34.9 Å². The van der Waals surface area contributed by atoms with Crippen molar-refractivity contribution in [2.45, 2.75) is 12.8 Å². The van der Waals surface area contributed by atoms with Gasteiger partial charge in [0, 0.05) is 6.07 Å². The molecule has 10 heteroatoms. The van der Waals surface area contributed by atoms with Crippen molar-refractivity contribution in [3.8, 4) is 34.6 Å². The highest BCUT2D eigenvalue weighted by Crippen LogP contribution is 2.38. The molecule has 1 unspecified atom stereocenters. The molecule has 3 heterocycles. The number of methoxy groups -OCH3 is 2. The van der Waals surface area contributed by atoms with E-state index in [9.17, 15) is 4.79 Å². The third kappa shape index (κ3) is 4.47. The van der Waals surface area contributed by atoms with Crippen molar-refractivity contribution in [3.05, 3.63) is 84.2 Å². The van der Waals surface area contributed by atoms with Crippen LogP contribution in [0.4, 0.5) is 0 Å². The molecule has 192 valence electrons. The van der Waals surface area contributed by atoms with Crippen LogP contribution in [0, 0.1) is 0 Å². The van der Waals surface area contributed by atoms with Crippen molar-refractivity contribution in [2.24, 2.45) is 5.73 Å². The highest BCUT2D eigenvalue weighted by molar-refractivity contribution is 5.86. The summed E-state index contributed by atoms with van der Waals surface area (Å²) in [6.07, 6.45) is 1.54. The van der Waals surface area contributed by atoms with Gasteiger partial charge >= 0.3 is 0 Å². The molecular weight excluding hydrogens is 484 g/mol. The van der Waals surface area contributed by atoms with Crippen LogP contribution in [-0.2, 0) is 4.79 Å². The van der Waals surface area contributed by atoms with Crippen molar-refractivity contribution < 1.29 is 19.0 Å². The molecule has 1 amide bonds. The van der Waals surface area contributed by atoms with Crippen molar-refractivity contribution in [1.82, 2.24) is 24.5 Å². The second-order valence-electron chi connectivity index (χ2n) is 8.26. The quantitative estimate of drug-likeness (QED) is 0.316. The maximum atomic E-state index is 12.5. The molecule has 5 rings (SSSR count). The molecule has 0 aliphatic rings. The summed E-state index contributed by atoms with van der Waals surface area (Å²) in [5.41, 5.74) is 8.72. The minimum absolute atomic E-state index is 0.302. The molecule has 3 aromatic heterocycles. The third-order valence-corrected chi connectivity index (χ3v) is 5.97. The number of ether oxygens (including phenoxy) is 3. The predicted molar refractivity (Wildman–Crippen MR) is 142 cm³/mol. The normalized spacial score (nSPS) is 11.8. The molecule has 0 saturated carbocycles. The van der Waals surface area contributed by atoms with Crippen molar-refractivity contribution in [1.29, 1.82) is 0 Å². The number of hydrogen-bond acceptors (Lipinski definition) is 8. The van der Waals surface area contributed by atoms with Crippen LogP contribution >= 0.6 is 0 Å². The van der Waals surface area contributed by atoms with Gasteiger partial charge < -0.3 is 19.9 Å². The van der Waals surface area contributed by atoms with E-state index < -0.39 is 11.8 Å². The van der Waals surface area contributed by atoms with Crippen LogP contribution in [0.1, 0.15) is 24.1 Å². The smallest absolute Gasteiger partial charge is 0.231 e. The van der Waals surface area contributed by atoms with E-state index >= 15 is 0 Å². The summed E-state index contributed by atoms with van der Waals surface area (Å²) < 4.78 is 18.8. The lowest BCUT2D eigenvalue weighted by atomic mass is 9.95. The number of fused-ring (bicyclic) bond motifs is 1. The third-order valence-electron chi connectivity index (χ3n) is 5.97. The largest absolute Gasteiger partial charge is 0.494 e. The van der Waals surface area contributed by atoms with Crippen molar-refractivity contribution in [3.63, 3.8) is 0 Å². The monoisotopic (exact) mass is 510 g/mol. The Balaban J connectivity index is 1.79. The zero-order valence-corrected chi connectivity index (χ0v) is 21.2. The number of nitrogens with two attached hydrogens (primary N) is 1. The number of primary amides is 1. The second-order valence-corrected chi connectivity index (χ2v) is 8.26. The number of benzene rings is 2. The van der Waals surface area contributed by atoms with Crippen LogP contribution in [0.3, 0.4) is 0 Å². The average molecular weight is 511 g/mol. The van der Waals surface area contributed by atoms with Gasteiger partial charge in [-0.3, -0.25) is 9.36 Å². The Kier molecular flexibility index (Phi) is 6.86. The van der Waals surface area contributed by atoms with Gasteiger partial charge in [-0.25, -0.2) is 19.9 Å². The number of rotatable bonds is 9. The van der Waals surface area contributed by atoms with E-state index in [1.165, 1.54) is 0 Å². The lowest BCUT2D eigenvalue weighted by molar-refractivity contribution is -0.118. The molecule has 5 aromatic rings. The molecule has 0 fully saturated rings. The maximum absolute atomic E-state index is 12.5. The number of hydrogen-bond donors (Lipinski definition) is 1. The fourth-order valence-electron chi connectivity index (χ4n) is 4.34. The van der Waals surface area contributed by atoms with Crippen LogP contribution in [0.5, 0.6) is 17.4 Å². The molecule has 38 heavy (non-hydrogen) atoms. The molecule has 0 radical (unpaired) electrons. The maximum Gasteiger partial charge on any atom is 0.231 e. The minimum Gasteiger partial charge on any atom is -0.494 e. The Morgan fingerprint density at radius 1 is 0.921 bits per heavy atom. The number of aromatic nitrogens is 5. The van der Waals surface area contributed by atoms with Crippen LogP contribution < -0.4 is 19.9 Å². The Labute approximate surface area is 219 Å². The van der Waals surface area contributed by atoms with Crippen molar-refractivity contribution >= 4 is 17.2 Å². The minimum atomic E-state index is -0.790. The van der Waals surface area contributed by atoms with E-state index in [1.807, 2.05) is 67.6 Å². The Bertz CT molecular complexity index is 1580. The molecule has 0 saturated heterocycles. The van der Waals surface area contributed by atoms with Crippen LogP contribution in [0.2, 0.25) is 0 Å². The summed E-state index contributed by atoms with van der Waals surface area (Å²) in [6.45, 7) is 2.36. The summed E-state index contributed by atoms with van der Waals surface area (Å²) in [6, 6.07) is 20.1. The SMILES string of the molecule is CCOc1cccc(-c2nc3nc(C(C(N)=O)c4ccccc4)cnc3n2-c2c(OC)cccc2OC)n1. The molecular formula is C28H26N6O4. The molecule has 0 bridgehead atoms. The van der Waals surface area contributed by atoms with Crippen LogP contribution in [-0.4, -0.2) is 51.2 Å². The van der Waals surface area contributed by atoms with Gasteiger partial charge in [0.25, 0.3) is 0 Å². The van der Waals surface area contributed by atoms with Gasteiger partial charge in [0.2, 0.25) is 11.8 Å². The van der Waals surface area contributed by atoms with Gasteiger partial charge in [-0.15, -0.1) is 0 Å². The summed E-state index contributed by atoms with van der Waals surface area (Å²) in [5, 5.41) is 0. The predicted octanol–water partition coefficient (Wildman–Crippen LogP) is 3.91. The number of pyridine rings is 1. The highest BCUT2D eigenvalue weighted by Gasteiger charge is 2.27. The zero-order chi connectivity index (χ0) is 26.6. The fraction of sp³-hybridized carbons (Fsp3) is 0.179. The van der Waals surface area contributed by atoms with Gasteiger partial charge in [-0.05, 0) is 30.7 Å². The first kappa shape index (κ1) is 24.7. The molecule has 2 aromatic carbocycles. The van der Waals surface area contributed by atoms with Gasteiger partial charge in [0.05, 0.1) is 32.7 Å². The standard InChI is InChI=1S/C28H26N6O4/c1-4-38-22-15-8-12-18(31-22)27-33-26-28(34(27)24-20(36-2)13-9-14-21(24)37-3)30-16-19(32-26)23(25(29)35)17-10-6-5-7-11-17/h5-16,23H,4H2,1-3H3,(H2,29,35). The van der Waals surface area contributed by atoms with E-state index in [2.05, 4.69) is 4.98 Å². The van der Waals surface area contributed by atoms with Crippen LogP contribution in [0.15, 0.2) is 72.9 Å². The van der Waals surface area contributed by atoms with Gasteiger partial charge in [-0.2, -0.15) is 0 Å². The van der Waals surface area contributed by atoms with E-state index in [0.717, 1.165) is 0 Å². The lowest BCUT2D eigenvalue weighted by Gasteiger charge is -2.16. The first-order valence-electron chi connectivity index (χ1n) is 12.0. The highest BCUT2D eigenvalue weighted by atomic mass is 16.5. The number of imidazole rings is 1. The Morgan fingerprint density at radius 2 is 1.63 bits per heavy atom. The van der Waals surface area contributed by atoms with E-state index in [1.54, 1.807) is 31.0 Å². The number of carbonyl (C=O) groups is 1. The molecule has 2 N–H and O–H groups in total. The lowest BCUT2D eigenvalue weighted by Crippen LogP contribution is -2.23. The van der Waals surface area contributed by atoms with Gasteiger partial charge in [0.1, 0.15) is 28.8 Å². The summed E-state index contributed by atoms with van der Waals surface area (Å²) in [7, 11) is 3.15. The Hall–Kier alpha value is -4.99. The summed E-state index contributed by atoms with van der Waals surface area (Å²) >= 11 is 0. The fourth-order valence-corrected chi connectivity index (χ4v) is 4.34. The van der Waals surface area contributed by atoms with Gasteiger partial charge in [0.15, 0.2) is 17.1 Å². The topological polar surface area (TPSA) is 127 Å². The zero-order valence-electron chi connectivity index (χ0n) is 21.2. The molecule has 10 nitrogen and oxygen atoms in total. The molecule has 1 atom stereocenters. The van der Waals surface area contributed by atoms with E-state index in [0.29, 0.717) is 63.7 Å². The molecule has 0 spiro atoms. The number of carbonyl (C=O) groups excluding carboxylic acids is 1. The Morgan fingerprint density at radius 3 is 2.29 bits per heavy atom. The summed E-state index contributed by atoms with van der Waals surface area (Å²) in [4.78, 5) is 31.4. The second kappa shape index (κ2) is 10.6. The van der Waals surface area contributed by atoms with Crippen molar-refractivity contribution in [2.75, 3.05) is 20.8 Å². The number of amides is 1. The first-order valence-corrected chi connectivity index (χ1v) is 12.0. The summed E-state index contributed by atoms with van der Waals surface area (Å²) in [5.74, 6) is 0.642. The van der Waals surface area contributed by atoms with Gasteiger partial charge in [-0.1, -0.05) is 42.5 Å². The van der Waals surface area contributed by atoms with Crippen LogP contribution in [0.25, 0.3) is 28.5 Å². The first-order chi connectivity index (χ1) is 18.5. The van der Waals surface area contributed by atoms with E-state index in [-0.39, 0.29) is 0 Å². The molecule has 0 aliphatic heterocycles. The molecule has 0 aliphatic carbocycles.